The van der Waals surface area contributed by atoms with Gasteiger partial charge in [0, 0.05) is 34.8 Å². The van der Waals surface area contributed by atoms with Gasteiger partial charge in [0.05, 0.1) is 24.2 Å². The molecule has 10 nitrogen and oxygen atoms in total. The van der Waals surface area contributed by atoms with Gasteiger partial charge in [-0.3, -0.25) is 9.59 Å². The van der Waals surface area contributed by atoms with Gasteiger partial charge in [0.15, 0.2) is 0 Å². The smallest absolute Gasteiger partial charge is 0.315 e. The molecule has 4 fully saturated rings. The third-order valence-electron chi connectivity index (χ3n) is 6.13. The minimum atomic E-state index is -0.729. The van der Waals surface area contributed by atoms with E-state index in [0.717, 1.165) is 50.0 Å². The maximum atomic E-state index is 11.1. The molecule has 0 spiro atoms. The van der Waals surface area contributed by atoms with E-state index in [9.17, 15) is 19.2 Å². The van der Waals surface area contributed by atoms with Crippen molar-refractivity contribution in [1.82, 2.24) is 21.3 Å². The van der Waals surface area contributed by atoms with Crippen LogP contribution in [0.4, 0.5) is 9.59 Å². The molecule has 0 aromatic carbocycles. The van der Waals surface area contributed by atoms with Crippen molar-refractivity contribution in [3.63, 3.8) is 0 Å². The van der Waals surface area contributed by atoms with Crippen molar-refractivity contribution in [3.05, 3.63) is 0 Å². The van der Waals surface area contributed by atoms with Crippen molar-refractivity contribution in [2.75, 3.05) is 11.5 Å². The van der Waals surface area contributed by atoms with Crippen LogP contribution >= 0.6 is 23.5 Å². The topological polar surface area (TPSA) is 157 Å². The third kappa shape index (κ3) is 7.09. The van der Waals surface area contributed by atoms with E-state index < -0.39 is 11.9 Å². The molecule has 4 aliphatic heterocycles. The molecule has 6 atom stereocenters. The number of carbonyl (C=O) groups excluding carboxylic acids is 2. The van der Waals surface area contributed by atoms with Crippen LogP contribution in [0.25, 0.3) is 0 Å². The highest BCUT2D eigenvalue weighted by Crippen LogP contribution is 2.34. The standard InChI is InChI=1S/2C10H16N2O3S/c2*13-8(14)4-2-1-3-7-9-6(5-16-7)11-10(15)12-9/h2*6-7,9H,1-5H2,(H,13,14)(H2,11,12,15)/t6-,7?,9-;6-,7-,9-/m00/s1. The number of aliphatic carboxylic acids is 2. The van der Waals surface area contributed by atoms with E-state index in [1.807, 2.05) is 23.5 Å². The summed E-state index contributed by atoms with van der Waals surface area (Å²) in [6.45, 7) is 0. The van der Waals surface area contributed by atoms with Crippen LogP contribution in [0, 0.1) is 0 Å². The molecule has 0 saturated carbocycles. The lowest BCUT2D eigenvalue weighted by molar-refractivity contribution is -0.138. The van der Waals surface area contributed by atoms with Gasteiger partial charge in [-0.05, 0) is 25.7 Å². The molecule has 4 amide bonds. The summed E-state index contributed by atoms with van der Waals surface area (Å²) >= 11 is 3.74. The van der Waals surface area contributed by atoms with Crippen LogP contribution in [0.1, 0.15) is 51.4 Å². The first-order chi connectivity index (χ1) is 15.3. The Labute approximate surface area is 195 Å². The molecule has 4 aliphatic rings. The highest BCUT2D eigenvalue weighted by Gasteiger charge is 2.43. The number of carboxylic acids is 2. The Morgan fingerprint density at radius 3 is 1.50 bits per heavy atom. The first-order valence-corrected chi connectivity index (χ1v) is 13.2. The van der Waals surface area contributed by atoms with E-state index in [0.29, 0.717) is 10.5 Å². The van der Waals surface area contributed by atoms with Gasteiger partial charge in [0.25, 0.3) is 0 Å². The maximum Gasteiger partial charge on any atom is 0.315 e. The molecule has 4 rings (SSSR count). The molecule has 4 heterocycles. The quantitative estimate of drug-likeness (QED) is 0.200. The molecule has 32 heavy (non-hydrogen) atoms. The van der Waals surface area contributed by atoms with E-state index in [2.05, 4.69) is 21.3 Å². The van der Waals surface area contributed by atoms with E-state index in [1.165, 1.54) is 0 Å². The molecule has 12 heteroatoms. The van der Waals surface area contributed by atoms with Gasteiger partial charge in [-0.2, -0.15) is 23.5 Å². The lowest BCUT2D eigenvalue weighted by Gasteiger charge is -2.16. The summed E-state index contributed by atoms with van der Waals surface area (Å²) in [5.41, 5.74) is 0. The maximum absolute atomic E-state index is 11.1. The number of amides is 4. The fourth-order valence-corrected chi connectivity index (χ4v) is 7.62. The van der Waals surface area contributed by atoms with Gasteiger partial charge in [0.2, 0.25) is 0 Å². The first kappa shape index (κ1) is 24.8. The van der Waals surface area contributed by atoms with Crippen LogP contribution < -0.4 is 21.3 Å². The fourth-order valence-electron chi connectivity index (χ4n) is 4.53. The van der Waals surface area contributed by atoms with E-state index in [1.54, 1.807) is 0 Å². The Bertz CT molecular complexity index is 654. The summed E-state index contributed by atoms with van der Waals surface area (Å²) < 4.78 is 0. The highest BCUT2D eigenvalue weighted by molar-refractivity contribution is 8.00. The van der Waals surface area contributed by atoms with Gasteiger partial charge in [-0.15, -0.1) is 0 Å². The minimum Gasteiger partial charge on any atom is -0.481 e. The summed E-state index contributed by atoms with van der Waals surface area (Å²) in [6.07, 6.45) is 5.76. The summed E-state index contributed by atoms with van der Waals surface area (Å²) in [5.74, 6) is 0.473. The number of urea groups is 2. The second-order valence-electron chi connectivity index (χ2n) is 8.52. The Hall–Kier alpha value is -1.82. The van der Waals surface area contributed by atoms with Gasteiger partial charge in [-0.25, -0.2) is 9.59 Å². The van der Waals surface area contributed by atoms with Crippen LogP contribution in [-0.4, -0.2) is 80.4 Å². The van der Waals surface area contributed by atoms with Crippen molar-refractivity contribution in [2.24, 2.45) is 0 Å². The second kappa shape index (κ2) is 11.9. The summed E-state index contributed by atoms with van der Waals surface area (Å²) in [5, 5.41) is 29.6. The Kier molecular flexibility index (Phi) is 9.21. The summed E-state index contributed by atoms with van der Waals surface area (Å²) in [4.78, 5) is 42.9. The molecule has 0 aromatic rings. The minimum absolute atomic E-state index is 0.0640. The van der Waals surface area contributed by atoms with Crippen molar-refractivity contribution < 1.29 is 29.4 Å². The summed E-state index contributed by atoms with van der Waals surface area (Å²) in [6, 6.07) is 0.880. The largest absolute Gasteiger partial charge is 0.481 e. The highest BCUT2D eigenvalue weighted by atomic mass is 32.2. The predicted molar refractivity (Wildman–Crippen MR) is 123 cm³/mol. The molecular formula is C20H32N4O6S2. The van der Waals surface area contributed by atoms with Crippen molar-refractivity contribution in [1.29, 1.82) is 0 Å². The SMILES string of the molecule is O=C(O)CCCCC1SC[C@@H]2NC(=O)N[C@H]12.O=C(O)CCCC[C@@H]1SC[C@@H]2NC(=O)N[C@@H]21. The van der Waals surface area contributed by atoms with E-state index in [-0.39, 0.29) is 49.1 Å². The lowest BCUT2D eigenvalue weighted by Crippen LogP contribution is -2.36. The normalized spacial score (nSPS) is 32.0. The molecule has 0 aliphatic carbocycles. The number of nitrogens with one attached hydrogen (secondary N) is 4. The molecule has 0 bridgehead atoms. The molecule has 0 aromatic heterocycles. The van der Waals surface area contributed by atoms with Gasteiger partial charge < -0.3 is 31.5 Å². The van der Waals surface area contributed by atoms with Gasteiger partial charge >= 0.3 is 24.0 Å². The Morgan fingerprint density at radius 2 is 1.12 bits per heavy atom. The van der Waals surface area contributed by atoms with Gasteiger partial charge in [0.1, 0.15) is 0 Å². The number of hydrogen-bond donors (Lipinski definition) is 6. The fraction of sp³-hybridized carbons (Fsp3) is 0.800. The average molecular weight is 489 g/mol. The van der Waals surface area contributed by atoms with Crippen molar-refractivity contribution in [3.8, 4) is 0 Å². The van der Waals surface area contributed by atoms with Crippen molar-refractivity contribution in [2.45, 2.75) is 86.0 Å². The predicted octanol–water partition coefficient (Wildman–Crippen LogP) is 1.59. The molecule has 1 unspecified atom stereocenters. The van der Waals surface area contributed by atoms with Crippen LogP contribution in [-0.2, 0) is 9.59 Å². The monoisotopic (exact) mass is 488 g/mol. The Balaban J connectivity index is 0.000000181. The molecule has 0 radical (unpaired) electrons. The van der Waals surface area contributed by atoms with E-state index >= 15 is 0 Å². The number of rotatable bonds is 10. The zero-order valence-electron chi connectivity index (χ0n) is 17.9. The van der Waals surface area contributed by atoms with Crippen LogP contribution in [0.15, 0.2) is 0 Å². The van der Waals surface area contributed by atoms with E-state index in [4.69, 9.17) is 10.2 Å². The molecule has 6 N–H and O–H groups in total. The average Bonchev–Trinajstić information content (AvgIpc) is 3.45. The zero-order valence-corrected chi connectivity index (χ0v) is 19.5. The first-order valence-electron chi connectivity index (χ1n) is 11.1. The molecule has 4 saturated heterocycles. The number of hydrogen-bond acceptors (Lipinski definition) is 6. The summed E-state index contributed by atoms with van der Waals surface area (Å²) in [7, 11) is 0. The number of thioether (sulfide) groups is 2. The zero-order chi connectivity index (χ0) is 23.1. The van der Waals surface area contributed by atoms with Crippen LogP contribution in [0.5, 0.6) is 0 Å². The number of carboxylic acid groups (broad SMARTS) is 2. The number of carbonyl (C=O) groups is 4. The second-order valence-corrected chi connectivity index (χ2v) is 11.1. The Morgan fingerprint density at radius 1 is 0.719 bits per heavy atom. The lowest BCUT2D eigenvalue weighted by atomic mass is 10.0. The number of fused-ring (bicyclic) bond motifs is 2. The van der Waals surface area contributed by atoms with Gasteiger partial charge in [-0.1, -0.05) is 12.8 Å². The molecule has 180 valence electrons. The third-order valence-corrected chi connectivity index (χ3v) is 9.15. The van der Waals surface area contributed by atoms with Crippen LogP contribution in [0.2, 0.25) is 0 Å². The van der Waals surface area contributed by atoms with Crippen LogP contribution in [0.3, 0.4) is 0 Å². The van der Waals surface area contributed by atoms with Crippen molar-refractivity contribution >= 4 is 47.5 Å². The number of unbranched alkanes of at least 4 members (excludes halogenated alkanes) is 2. The molecular weight excluding hydrogens is 456 g/mol.